The van der Waals surface area contributed by atoms with Gasteiger partial charge in [-0.2, -0.15) is 5.10 Å². The van der Waals surface area contributed by atoms with E-state index in [0.29, 0.717) is 0 Å². The summed E-state index contributed by atoms with van der Waals surface area (Å²) in [5.41, 5.74) is 2.21. The molecule has 0 spiro atoms. The van der Waals surface area contributed by atoms with Crippen LogP contribution in [0.2, 0.25) is 0 Å². The maximum Gasteiger partial charge on any atom is 0.354 e. The molecule has 1 saturated heterocycles. The van der Waals surface area contributed by atoms with Crippen molar-refractivity contribution in [3.63, 3.8) is 0 Å². The van der Waals surface area contributed by atoms with Gasteiger partial charge in [0.05, 0.1) is 19.4 Å². The van der Waals surface area contributed by atoms with Gasteiger partial charge in [-0.3, -0.25) is 14.7 Å². The molecular formula is C26H32N4O4. The zero-order chi connectivity index (χ0) is 23.9. The molecule has 0 bridgehead atoms. The third-order valence-corrected chi connectivity index (χ3v) is 6.27. The van der Waals surface area contributed by atoms with Crippen molar-refractivity contribution in [3.05, 3.63) is 60.2 Å². The fourth-order valence-electron chi connectivity index (χ4n) is 4.48. The van der Waals surface area contributed by atoms with E-state index in [9.17, 15) is 9.59 Å². The first-order valence-corrected chi connectivity index (χ1v) is 11.8. The summed E-state index contributed by atoms with van der Waals surface area (Å²) in [5, 5.41) is 9.28. The van der Waals surface area contributed by atoms with E-state index in [1.165, 1.54) is 5.56 Å². The second kappa shape index (κ2) is 11.2. The molecule has 0 radical (unpaired) electrons. The van der Waals surface area contributed by atoms with Gasteiger partial charge in [0.25, 0.3) is 0 Å². The Morgan fingerprint density at radius 2 is 1.76 bits per heavy atom. The number of carbonyl (C=O) groups excluding carboxylic acids is 2. The van der Waals surface area contributed by atoms with Crippen LogP contribution in [0.3, 0.4) is 0 Å². The molecule has 2 aliphatic rings. The third kappa shape index (κ3) is 5.56. The Morgan fingerprint density at radius 3 is 2.47 bits per heavy atom. The van der Waals surface area contributed by atoms with Crippen LogP contribution in [0.25, 0.3) is 0 Å². The van der Waals surface area contributed by atoms with E-state index < -0.39 is 12.0 Å². The van der Waals surface area contributed by atoms with Crippen LogP contribution < -0.4 is 15.1 Å². The summed E-state index contributed by atoms with van der Waals surface area (Å²) >= 11 is 0. The minimum atomic E-state index is -0.576. The predicted octanol–water partition coefficient (Wildman–Crippen LogP) is 2.97. The Kier molecular flexibility index (Phi) is 7.80. The average molecular weight is 465 g/mol. The lowest BCUT2D eigenvalue weighted by Gasteiger charge is -2.33. The maximum absolute atomic E-state index is 13.3. The van der Waals surface area contributed by atoms with Crippen molar-refractivity contribution in [2.75, 3.05) is 31.8 Å². The molecule has 34 heavy (non-hydrogen) atoms. The second-order valence-electron chi connectivity index (χ2n) is 8.54. The van der Waals surface area contributed by atoms with E-state index in [2.05, 4.69) is 21.4 Å². The van der Waals surface area contributed by atoms with Gasteiger partial charge < -0.3 is 14.8 Å². The van der Waals surface area contributed by atoms with Crippen LogP contribution in [0.15, 0.2) is 59.7 Å². The molecule has 4 rings (SSSR count). The van der Waals surface area contributed by atoms with Crippen molar-refractivity contribution in [2.45, 2.75) is 44.8 Å². The van der Waals surface area contributed by atoms with Crippen molar-refractivity contribution in [1.82, 2.24) is 10.2 Å². The lowest BCUT2D eigenvalue weighted by molar-refractivity contribution is -0.135. The lowest BCUT2D eigenvalue weighted by Crippen LogP contribution is -2.50. The van der Waals surface area contributed by atoms with Gasteiger partial charge in [0, 0.05) is 37.7 Å². The molecule has 1 N–H and O–H groups in total. The number of piperidine rings is 1. The van der Waals surface area contributed by atoms with Crippen molar-refractivity contribution in [3.8, 4) is 5.75 Å². The summed E-state index contributed by atoms with van der Waals surface area (Å²) in [6.45, 7) is 4.63. The van der Waals surface area contributed by atoms with Gasteiger partial charge in [0.2, 0.25) is 5.91 Å². The van der Waals surface area contributed by atoms with Crippen LogP contribution >= 0.6 is 0 Å². The quantitative estimate of drug-likeness (QED) is 0.605. The summed E-state index contributed by atoms with van der Waals surface area (Å²) in [4.78, 5) is 27.9. The van der Waals surface area contributed by atoms with E-state index in [1.54, 1.807) is 19.0 Å². The zero-order valence-electron chi connectivity index (χ0n) is 19.8. The Hall–Kier alpha value is -3.39. The first kappa shape index (κ1) is 23.8. The molecule has 1 fully saturated rings. The molecule has 2 aromatic rings. The zero-order valence-corrected chi connectivity index (χ0v) is 19.8. The van der Waals surface area contributed by atoms with Crippen molar-refractivity contribution < 1.29 is 19.1 Å². The summed E-state index contributed by atoms with van der Waals surface area (Å²) < 4.78 is 10.6. The number of amides is 1. The van der Waals surface area contributed by atoms with Crippen LogP contribution in [0.5, 0.6) is 5.75 Å². The van der Waals surface area contributed by atoms with Crippen LogP contribution in [0.4, 0.5) is 5.69 Å². The topological polar surface area (TPSA) is 83.5 Å². The van der Waals surface area contributed by atoms with E-state index in [1.807, 2.05) is 48.5 Å². The number of anilines is 1. The third-order valence-electron chi connectivity index (χ3n) is 6.27. The second-order valence-corrected chi connectivity index (χ2v) is 8.54. The number of methoxy groups -OCH3 is 1. The Balaban J connectivity index is 1.36. The number of nitrogens with zero attached hydrogens (tertiary/aromatic N) is 3. The van der Waals surface area contributed by atoms with Crippen LogP contribution in [-0.4, -0.2) is 61.4 Å². The molecule has 2 aliphatic heterocycles. The summed E-state index contributed by atoms with van der Waals surface area (Å²) in [6, 6.07) is 17.0. The van der Waals surface area contributed by atoms with Gasteiger partial charge in [-0.05, 0) is 38.0 Å². The number of carbonyl (C=O) groups is 2. The first-order valence-electron chi connectivity index (χ1n) is 11.8. The van der Waals surface area contributed by atoms with Crippen LogP contribution in [0.1, 0.15) is 31.7 Å². The van der Waals surface area contributed by atoms with Crippen LogP contribution in [-0.2, 0) is 20.9 Å². The van der Waals surface area contributed by atoms with Crippen molar-refractivity contribution in [2.24, 2.45) is 5.10 Å². The number of para-hydroxylation sites is 2. The summed E-state index contributed by atoms with van der Waals surface area (Å²) in [5.74, 6) is 0.316. The molecule has 0 saturated carbocycles. The highest BCUT2D eigenvalue weighted by molar-refractivity contribution is 6.38. The normalized spacial score (nSPS) is 18.9. The van der Waals surface area contributed by atoms with Crippen molar-refractivity contribution >= 4 is 23.3 Å². The Bertz CT molecular complexity index is 1020. The number of hydrogen-bond donors (Lipinski definition) is 1. The van der Waals surface area contributed by atoms with Gasteiger partial charge in [-0.1, -0.05) is 36.4 Å². The van der Waals surface area contributed by atoms with Gasteiger partial charge >= 0.3 is 5.97 Å². The molecule has 1 atom stereocenters. The molecule has 180 valence electrons. The minimum absolute atomic E-state index is 0.0886. The van der Waals surface area contributed by atoms with Gasteiger partial charge in [-0.25, -0.2) is 4.79 Å². The predicted molar refractivity (Wildman–Crippen MR) is 131 cm³/mol. The number of hydrogen-bond acceptors (Lipinski definition) is 7. The number of likely N-dealkylation sites (tertiary alicyclic amines) is 1. The molecule has 8 nitrogen and oxygen atoms in total. The number of nitrogens with one attached hydrogen (secondary N) is 1. The maximum atomic E-state index is 13.3. The van der Waals surface area contributed by atoms with E-state index in [4.69, 9.17) is 9.47 Å². The van der Waals surface area contributed by atoms with E-state index in [-0.39, 0.29) is 30.7 Å². The smallest absolute Gasteiger partial charge is 0.354 e. The van der Waals surface area contributed by atoms with E-state index in [0.717, 1.165) is 43.9 Å². The molecule has 2 heterocycles. The molecule has 1 unspecified atom stereocenters. The molecule has 0 aromatic heterocycles. The lowest BCUT2D eigenvalue weighted by atomic mass is 10.0. The minimum Gasteiger partial charge on any atom is -0.496 e. The number of benzene rings is 2. The molecule has 1 amide bonds. The van der Waals surface area contributed by atoms with E-state index >= 15 is 0 Å². The monoisotopic (exact) mass is 464 g/mol. The number of esters is 1. The fraction of sp³-hybridized carbons (Fsp3) is 0.423. The number of hydrazone groups is 1. The molecule has 8 heteroatoms. The molecule has 0 aliphatic carbocycles. The largest absolute Gasteiger partial charge is 0.496 e. The SMILES string of the molecule is CCOC(=O)C1=NN(c2ccccc2)C(C(=O)NC2CCN(Cc3ccccc3OC)CC2)C1. The summed E-state index contributed by atoms with van der Waals surface area (Å²) in [7, 11) is 1.69. The average Bonchev–Trinajstić information content (AvgIpc) is 3.32. The van der Waals surface area contributed by atoms with Gasteiger partial charge in [0.1, 0.15) is 17.5 Å². The first-order chi connectivity index (χ1) is 16.6. The number of rotatable bonds is 8. The highest BCUT2D eigenvalue weighted by Crippen LogP contribution is 2.26. The van der Waals surface area contributed by atoms with Crippen molar-refractivity contribution in [1.29, 1.82) is 0 Å². The molecule has 2 aromatic carbocycles. The number of ether oxygens (including phenoxy) is 2. The Morgan fingerprint density at radius 1 is 1.06 bits per heavy atom. The highest BCUT2D eigenvalue weighted by atomic mass is 16.5. The van der Waals surface area contributed by atoms with Gasteiger partial charge in [0.15, 0.2) is 0 Å². The standard InChI is InChI=1S/C26H32N4O4/c1-3-34-26(32)22-17-23(30(28-22)21-10-5-4-6-11-21)25(31)27-20-13-15-29(16-14-20)18-19-9-7-8-12-24(19)33-2/h4-12,20,23H,3,13-18H2,1-2H3,(H,27,31). The van der Waals surface area contributed by atoms with Gasteiger partial charge in [-0.15, -0.1) is 0 Å². The Labute approximate surface area is 200 Å². The van der Waals surface area contributed by atoms with Crippen LogP contribution in [0, 0.1) is 0 Å². The summed E-state index contributed by atoms with van der Waals surface area (Å²) in [6.07, 6.45) is 1.96. The fourth-order valence-corrected chi connectivity index (χ4v) is 4.48. The highest BCUT2D eigenvalue weighted by Gasteiger charge is 2.37. The molecular weight excluding hydrogens is 432 g/mol.